The average Bonchev–Trinajstić information content (AvgIpc) is 2.57. The van der Waals surface area contributed by atoms with Crippen molar-refractivity contribution in [1.29, 1.82) is 0 Å². The molecule has 0 saturated carbocycles. The summed E-state index contributed by atoms with van der Waals surface area (Å²) in [5.74, 6) is -0.373. The zero-order valence-electron chi connectivity index (χ0n) is 9.34. The van der Waals surface area contributed by atoms with Gasteiger partial charge in [0.15, 0.2) is 0 Å². The van der Waals surface area contributed by atoms with Crippen LogP contribution in [-0.2, 0) is 14.3 Å². The molecule has 1 fully saturated rings. The maximum atomic E-state index is 10.5. The highest BCUT2D eigenvalue weighted by molar-refractivity contribution is 5.81. The fourth-order valence-corrected chi connectivity index (χ4v) is 0.854. The zero-order valence-corrected chi connectivity index (χ0v) is 9.34. The molecule has 1 aliphatic heterocycles. The van der Waals surface area contributed by atoms with Gasteiger partial charge in [0.25, 0.3) is 0 Å². The quantitative estimate of drug-likeness (QED) is 0.481. The Morgan fingerprint density at radius 1 is 1.36 bits per heavy atom. The molecule has 0 bridgehead atoms. The molecule has 1 rings (SSSR count). The summed E-state index contributed by atoms with van der Waals surface area (Å²) in [7, 11) is 0. The molecule has 0 aromatic rings. The lowest BCUT2D eigenvalue weighted by molar-refractivity contribution is -0.148. The van der Waals surface area contributed by atoms with Crippen LogP contribution in [0.25, 0.3) is 0 Å². The molecule has 0 aliphatic carbocycles. The lowest BCUT2D eigenvalue weighted by Crippen LogP contribution is -2.22. The van der Waals surface area contributed by atoms with Crippen LogP contribution in [0.1, 0.15) is 33.6 Å². The van der Waals surface area contributed by atoms with Crippen LogP contribution in [0.2, 0.25) is 0 Å². The average molecular weight is 200 g/mol. The van der Waals surface area contributed by atoms with Crippen LogP contribution in [0.3, 0.4) is 0 Å². The third-order valence-electron chi connectivity index (χ3n) is 1.40. The standard InChI is InChI=1S/C7H12O2.C4H8O/c1-5-6(8)9-7(2,3)4;1-2-4-5-3-1/h5H,1H2,2-4H3;1-4H2. The van der Waals surface area contributed by atoms with Gasteiger partial charge in [-0.15, -0.1) is 0 Å². The number of ether oxygens (including phenoxy) is 2. The van der Waals surface area contributed by atoms with Crippen LogP contribution in [0.5, 0.6) is 0 Å². The Hall–Kier alpha value is -0.830. The number of rotatable bonds is 1. The second kappa shape index (κ2) is 6.60. The molecule has 0 amide bonds. The summed E-state index contributed by atoms with van der Waals surface area (Å²) in [5.41, 5.74) is -0.398. The van der Waals surface area contributed by atoms with Gasteiger partial charge in [0.2, 0.25) is 0 Å². The van der Waals surface area contributed by atoms with E-state index in [1.165, 1.54) is 12.8 Å². The van der Waals surface area contributed by atoms with Gasteiger partial charge in [-0.1, -0.05) is 6.58 Å². The van der Waals surface area contributed by atoms with Crippen molar-refractivity contribution in [1.82, 2.24) is 0 Å². The summed E-state index contributed by atoms with van der Waals surface area (Å²) in [6.07, 6.45) is 3.71. The molecule has 0 N–H and O–H groups in total. The van der Waals surface area contributed by atoms with E-state index in [-0.39, 0.29) is 5.97 Å². The molecule has 0 aromatic heterocycles. The maximum Gasteiger partial charge on any atom is 0.330 e. The summed E-state index contributed by atoms with van der Waals surface area (Å²) in [5, 5.41) is 0. The molecular formula is C11H20O3. The van der Waals surface area contributed by atoms with Crippen molar-refractivity contribution in [2.75, 3.05) is 13.2 Å². The summed E-state index contributed by atoms with van der Waals surface area (Å²) in [4.78, 5) is 10.5. The predicted octanol–water partition coefficient (Wildman–Crippen LogP) is 2.31. The fraction of sp³-hybridized carbons (Fsp3) is 0.727. The Labute approximate surface area is 86.1 Å². The third kappa shape index (κ3) is 9.26. The van der Waals surface area contributed by atoms with Crippen molar-refractivity contribution in [3.8, 4) is 0 Å². The highest BCUT2D eigenvalue weighted by atomic mass is 16.6. The first-order valence-electron chi connectivity index (χ1n) is 4.89. The molecule has 3 nitrogen and oxygen atoms in total. The number of hydrogen-bond donors (Lipinski definition) is 0. The van der Waals surface area contributed by atoms with E-state index in [0.29, 0.717) is 0 Å². The van der Waals surface area contributed by atoms with Crippen molar-refractivity contribution in [3.05, 3.63) is 12.7 Å². The minimum Gasteiger partial charge on any atom is -0.457 e. The molecule has 1 aliphatic rings. The smallest absolute Gasteiger partial charge is 0.330 e. The second-order valence-electron chi connectivity index (χ2n) is 4.06. The van der Waals surface area contributed by atoms with Crippen LogP contribution < -0.4 is 0 Å². The maximum absolute atomic E-state index is 10.5. The molecule has 0 atom stereocenters. The van der Waals surface area contributed by atoms with Crippen molar-refractivity contribution in [2.45, 2.75) is 39.2 Å². The summed E-state index contributed by atoms with van der Waals surface area (Å²) < 4.78 is 9.77. The topological polar surface area (TPSA) is 35.5 Å². The number of carbonyl (C=O) groups is 1. The Kier molecular flexibility index (Phi) is 6.21. The van der Waals surface area contributed by atoms with Gasteiger partial charge in [-0.3, -0.25) is 0 Å². The van der Waals surface area contributed by atoms with Gasteiger partial charge in [-0.05, 0) is 33.6 Å². The van der Waals surface area contributed by atoms with E-state index in [0.717, 1.165) is 19.3 Å². The van der Waals surface area contributed by atoms with Gasteiger partial charge >= 0.3 is 5.97 Å². The first-order valence-corrected chi connectivity index (χ1v) is 4.89. The summed E-state index contributed by atoms with van der Waals surface area (Å²) in [6.45, 7) is 10.7. The molecule has 0 radical (unpaired) electrons. The van der Waals surface area contributed by atoms with Crippen LogP contribution in [0.4, 0.5) is 0 Å². The van der Waals surface area contributed by atoms with E-state index in [2.05, 4.69) is 6.58 Å². The minimum atomic E-state index is -0.398. The van der Waals surface area contributed by atoms with Gasteiger partial charge in [0.05, 0.1) is 0 Å². The monoisotopic (exact) mass is 200 g/mol. The predicted molar refractivity (Wildman–Crippen MR) is 56.1 cm³/mol. The highest BCUT2D eigenvalue weighted by Gasteiger charge is 2.12. The van der Waals surface area contributed by atoms with Crippen molar-refractivity contribution in [2.24, 2.45) is 0 Å². The molecule has 0 unspecified atom stereocenters. The van der Waals surface area contributed by atoms with Gasteiger partial charge in [0.1, 0.15) is 5.60 Å². The Morgan fingerprint density at radius 2 is 1.86 bits per heavy atom. The molecule has 0 spiro atoms. The Bertz CT molecular complexity index is 168. The Balaban J connectivity index is 0.000000280. The van der Waals surface area contributed by atoms with E-state index in [4.69, 9.17) is 9.47 Å². The minimum absolute atomic E-state index is 0.373. The number of hydrogen-bond acceptors (Lipinski definition) is 3. The SMILES string of the molecule is C1CCOC1.C=CC(=O)OC(C)(C)C. The molecule has 3 heteroatoms. The Morgan fingerprint density at radius 3 is 2.00 bits per heavy atom. The molecule has 1 saturated heterocycles. The van der Waals surface area contributed by atoms with Gasteiger partial charge in [0, 0.05) is 19.3 Å². The van der Waals surface area contributed by atoms with Crippen LogP contribution in [0, 0.1) is 0 Å². The van der Waals surface area contributed by atoms with Gasteiger partial charge < -0.3 is 9.47 Å². The molecule has 1 heterocycles. The normalized spacial score (nSPS) is 15.4. The highest BCUT2D eigenvalue weighted by Crippen LogP contribution is 2.06. The molecule has 14 heavy (non-hydrogen) atoms. The summed E-state index contributed by atoms with van der Waals surface area (Å²) >= 11 is 0. The van der Waals surface area contributed by atoms with Crippen LogP contribution in [0.15, 0.2) is 12.7 Å². The van der Waals surface area contributed by atoms with Crippen LogP contribution in [-0.4, -0.2) is 24.8 Å². The second-order valence-corrected chi connectivity index (χ2v) is 4.06. The molecule has 0 aromatic carbocycles. The lowest BCUT2D eigenvalue weighted by atomic mass is 10.2. The van der Waals surface area contributed by atoms with Crippen molar-refractivity contribution >= 4 is 5.97 Å². The number of esters is 1. The zero-order chi connectivity index (χ0) is 11.0. The largest absolute Gasteiger partial charge is 0.457 e. The van der Waals surface area contributed by atoms with E-state index in [1.54, 1.807) is 0 Å². The van der Waals surface area contributed by atoms with E-state index < -0.39 is 5.60 Å². The van der Waals surface area contributed by atoms with E-state index in [1.807, 2.05) is 20.8 Å². The van der Waals surface area contributed by atoms with Crippen molar-refractivity contribution < 1.29 is 14.3 Å². The summed E-state index contributed by atoms with van der Waals surface area (Å²) in [6, 6.07) is 0. The van der Waals surface area contributed by atoms with Gasteiger partial charge in [-0.2, -0.15) is 0 Å². The lowest BCUT2D eigenvalue weighted by Gasteiger charge is -2.17. The molecular weight excluding hydrogens is 180 g/mol. The number of carbonyl (C=O) groups excluding carboxylic acids is 1. The van der Waals surface area contributed by atoms with E-state index in [9.17, 15) is 4.79 Å². The van der Waals surface area contributed by atoms with Crippen molar-refractivity contribution in [3.63, 3.8) is 0 Å². The third-order valence-corrected chi connectivity index (χ3v) is 1.40. The first kappa shape index (κ1) is 13.2. The fourth-order valence-electron chi connectivity index (χ4n) is 0.854. The molecule has 82 valence electrons. The van der Waals surface area contributed by atoms with E-state index >= 15 is 0 Å². The van der Waals surface area contributed by atoms with Crippen LogP contribution >= 0.6 is 0 Å². The first-order chi connectivity index (χ1) is 6.45. The van der Waals surface area contributed by atoms with Gasteiger partial charge in [-0.25, -0.2) is 4.79 Å².